The van der Waals surface area contributed by atoms with Crippen LogP contribution in [-0.4, -0.2) is 14.6 Å². The highest BCUT2D eigenvalue weighted by Gasteiger charge is 2.12. The molecule has 4 aromatic rings. The molecule has 2 heterocycles. The second-order valence-electron chi connectivity index (χ2n) is 7.04. The second kappa shape index (κ2) is 8.97. The number of aromatic nitrogens is 3. The second-order valence-corrected chi connectivity index (χ2v) is 7.04. The number of nitrogens with zero attached hydrogens (tertiary/aromatic N) is 4. The molecule has 0 radical (unpaired) electrons. The molecular weight excluding hydrogens is 374 g/mol. The molecule has 7 heteroatoms. The molecule has 4 rings (SSSR count). The average Bonchev–Trinajstić information content (AvgIpc) is 3.15. The van der Waals surface area contributed by atoms with Gasteiger partial charge in [0.1, 0.15) is 11.6 Å². The number of fused-ring (bicyclic) bond motifs is 1. The van der Waals surface area contributed by atoms with Crippen molar-refractivity contribution < 1.29 is 0 Å². The number of nitriles is 1. The number of hydrogen-bond acceptors (Lipinski definition) is 6. The first-order chi connectivity index (χ1) is 14.7. The highest BCUT2D eigenvalue weighted by atomic mass is 15.3. The summed E-state index contributed by atoms with van der Waals surface area (Å²) in [4.78, 5) is 4.80. The molecule has 0 saturated carbocycles. The van der Waals surface area contributed by atoms with Gasteiger partial charge in [-0.2, -0.15) is 14.9 Å². The van der Waals surface area contributed by atoms with Crippen molar-refractivity contribution in [2.24, 2.45) is 0 Å². The van der Waals surface area contributed by atoms with Gasteiger partial charge in [-0.05, 0) is 49.6 Å². The molecule has 4 N–H and O–H groups in total. The largest absolute Gasteiger partial charge is 0.399 e. The lowest BCUT2D eigenvalue weighted by Gasteiger charge is -2.12. The monoisotopic (exact) mass is 397 g/mol. The molecule has 0 spiro atoms. The number of para-hydroxylation sites is 1. The summed E-state index contributed by atoms with van der Waals surface area (Å²) in [5.74, 6) is 1.51. The fourth-order valence-electron chi connectivity index (χ4n) is 3.29. The smallest absolute Gasteiger partial charge is 0.162 e. The topological polar surface area (TPSA) is 104 Å². The molecule has 0 fully saturated rings. The Kier molecular flexibility index (Phi) is 5.76. The molecule has 2 aromatic carbocycles. The van der Waals surface area contributed by atoms with E-state index in [4.69, 9.17) is 16.0 Å². The average molecular weight is 397 g/mol. The van der Waals surface area contributed by atoms with Crippen LogP contribution in [0, 0.1) is 11.3 Å². The van der Waals surface area contributed by atoms with Crippen LogP contribution in [0.3, 0.4) is 0 Å². The predicted molar refractivity (Wildman–Crippen MR) is 120 cm³/mol. The van der Waals surface area contributed by atoms with Crippen LogP contribution in [0.15, 0.2) is 66.9 Å². The van der Waals surface area contributed by atoms with Gasteiger partial charge < -0.3 is 16.4 Å². The van der Waals surface area contributed by atoms with Crippen LogP contribution in [0.1, 0.15) is 24.8 Å². The van der Waals surface area contributed by atoms with Gasteiger partial charge in [0.2, 0.25) is 0 Å². The zero-order valence-corrected chi connectivity index (χ0v) is 16.5. The number of hydrogen-bond donors (Lipinski definition) is 3. The minimum Gasteiger partial charge on any atom is -0.399 e. The summed E-state index contributed by atoms with van der Waals surface area (Å²) in [6.45, 7) is 0. The Bertz CT molecular complexity index is 1180. The van der Waals surface area contributed by atoms with Crippen LogP contribution in [0.4, 0.5) is 28.7 Å². The minimum atomic E-state index is 0.565. The summed E-state index contributed by atoms with van der Waals surface area (Å²) in [6, 6.07) is 21.6. The SMILES string of the molecule is N#CCCCCc1cnn2c(Nc3ccccc3)cc(Nc3cccc(N)c3)nc12. The summed E-state index contributed by atoms with van der Waals surface area (Å²) >= 11 is 0. The van der Waals surface area contributed by atoms with Crippen LogP contribution >= 0.6 is 0 Å². The van der Waals surface area contributed by atoms with Crippen molar-refractivity contribution in [3.05, 3.63) is 72.4 Å². The van der Waals surface area contributed by atoms with E-state index in [0.29, 0.717) is 17.9 Å². The Labute approximate surface area is 175 Å². The van der Waals surface area contributed by atoms with Crippen molar-refractivity contribution in [2.45, 2.75) is 25.7 Å². The molecule has 30 heavy (non-hydrogen) atoms. The predicted octanol–water partition coefficient (Wildman–Crippen LogP) is 5.04. The van der Waals surface area contributed by atoms with E-state index in [1.165, 1.54) is 0 Å². The highest BCUT2D eigenvalue weighted by molar-refractivity contribution is 5.69. The van der Waals surface area contributed by atoms with Gasteiger partial charge in [0.15, 0.2) is 5.65 Å². The number of aryl methyl sites for hydroxylation is 1. The van der Waals surface area contributed by atoms with E-state index < -0.39 is 0 Å². The molecular formula is C23H23N7. The summed E-state index contributed by atoms with van der Waals surface area (Å²) < 4.78 is 1.82. The Hall–Kier alpha value is -4.05. The van der Waals surface area contributed by atoms with Crippen molar-refractivity contribution in [1.82, 2.24) is 14.6 Å². The first kappa shape index (κ1) is 19.3. The van der Waals surface area contributed by atoms with Gasteiger partial charge in [-0.15, -0.1) is 0 Å². The van der Waals surface area contributed by atoms with Crippen LogP contribution in [-0.2, 0) is 6.42 Å². The fourth-order valence-corrected chi connectivity index (χ4v) is 3.29. The maximum Gasteiger partial charge on any atom is 0.162 e. The van der Waals surface area contributed by atoms with Gasteiger partial charge in [-0.25, -0.2) is 4.98 Å². The molecule has 0 amide bonds. The molecule has 7 nitrogen and oxygen atoms in total. The summed E-state index contributed by atoms with van der Waals surface area (Å²) in [5.41, 5.74) is 10.3. The Balaban J connectivity index is 1.70. The summed E-state index contributed by atoms with van der Waals surface area (Å²) in [5, 5.41) is 20.1. The van der Waals surface area contributed by atoms with E-state index in [1.807, 2.05) is 71.4 Å². The standard InChI is InChI=1S/C23H23N7/c24-13-6-2-3-8-17-16-26-30-22(28-19-10-4-1-5-11-19)15-21(29-23(17)30)27-20-12-7-9-18(25)14-20/h1,4-5,7,9-12,14-16,28H,2-3,6,8,25H2,(H,27,29). The minimum absolute atomic E-state index is 0.565. The van der Waals surface area contributed by atoms with E-state index in [0.717, 1.165) is 47.7 Å². The maximum absolute atomic E-state index is 8.76. The lowest BCUT2D eigenvalue weighted by molar-refractivity contribution is 0.754. The number of unbranched alkanes of at least 4 members (excludes halogenated alkanes) is 2. The number of nitrogens with two attached hydrogens (primary N) is 1. The van der Waals surface area contributed by atoms with E-state index in [2.05, 4.69) is 21.8 Å². The lowest BCUT2D eigenvalue weighted by Crippen LogP contribution is -2.04. The molecule has 0 saturated heterocycles. The molecule has 0 aliphatic rings. The quantitative estimate of drug-likeness (QED) is 0.284. The third kappa shape index (κ3) is 4.50. The van der Waals surface area contributed by atoms with Crippen LogP contribution in [0.5, 0.6) is 0 Å². The first-order valence-electron chi connectivity index (χ1n) is 9.92. The number of nitrogens with one attached hydrogen (secondary N) is 2. The lowest BCUT2D eigenvalue weighted by atomic mass is 10.1. The third-order valence-electron chi connectivity index (χ3n) is 4.73. The Morgan fingerprint density at radius 1 is 0.967 bits per heavy atom. The van der Waals surface area contributed by atoms with Gasteiger partial charge in [-0.1, -0.05) is 24.3 Å². The highest BCUT2D eigenvalue weighted by Crippen LogP contribution is 2.25. The zero-order chi connectivity index (χ0) is 20.8. The first-order valence-corrected chi connectivity index (χ1v) is 9.92. The van der Waals surface area contributed by atoms with E-state index in [1.54, 1.807) is 0 Å². The Morgan fingerprint density at radius 2 is 1.80 bits per heavy atom. The number of rotatable bonds is 8. The number of nitrogen functional groups attached to an aromatic ring is 1. The van der Waals surface area contributed by atoms with Gasteiger partial charge in [0.25, 0.3) is 0 Å². The fraction of sp³-hybridized carbons (Fsp3) is 0.174. The third-order valence-corrected chi connectivity index (χ3v) is 4.73. The number of anilines is 5. The zero-order valence-electron chi connectivity index (χ0n) is 16.5. The molecule has 2 aromatic heterocycles. The van der Waals surface area contributed by atoms with Crippen LogP contribution in [0.25, 0.3) is 5.65 Å². The molecule has 0 aliphatic heterocycles. The van der Waals surface area contributed by atoms with E-state index >= 15 is 0 Å². The normalized spacial score (nSPS) is 10.6. The summed E-state index contributed by atoms with van der Waals surface area (Å²) in [7, 11) is 0. The molecule has 0 atom stereocenters. The van der Waals surface area contributed by atoms with Gasteiger partial charge in [0, 0.05) is 35.1 Å². The van der Waals surface area contributed by atoms with Crippen LogP contribution < -0.4 is 16.4 Å². The maximum atomic E-state index is 8.76. The Morgan fingerprint density at radius 3 is 2.60 bits per heavy atom. The molecule has 0 unspecified atom stereocenters. The van der Waals surface area contributed by atoms with Crippen molar-refractivity contribution in [3.8, 4) is 6.07 Å². The van der Waals surface area contributed by atoms with Crippen molar-refractivity contribution in [3.63, 3.8) is 0 Å². The number of benzene rings is 2. The van der Waals surface area contributed by atoms with Gasteiger partial charge in [-0.3, -0.25) is 0 Å². The van der Waals surface area contributed by atoms with Crippen molar-refractivity contribution in [2.75, 3.05) is 16.4 Å². The summed E-state index contributed by atoms with van der Waals surface area (Å²) in [6.07, 6.45) is 5.03. The van der Waals surface area contributed by atoms with Gasteiger partial charge >= 0.3 is 0 Å². The molecule has 0 aliphatic carbocycles. The van der Waals surface area contributed by atoms with Crippen molar-refractivity contribution in [1.29, 1.82) is 5.26 Å². The van der Waals surface area contributed by atoms with Crippen LogP contribution in [0.2, 0.25) is 0 Å². The molecule has 0 bridgehead atoms. The van der Waals surface area contributed by atoms with E-state index in [-0.39, 0.29) is 0 Å². The van der Waals surface area contributed by atoms with E-state index in [9.17, 15) is 0 Å². The van der Waals surface area contributed by atoms with Crippen molar-refractivity contribution >= 4 is 34.3 Å². The van der Waals surface area contributed by atoms with Gasteiger partial charge in [0.05, 0.1) is 12.3 Å². The molecule has 150 valence electrons.